The lowest BCUT2D eigenvalue weighted by Gasteiger charge is -2.10. The van der Waals surface area contributed by atoms with Gasteiger partial charge in [-0.05, 0) is 32.0 Å². The molecule has 0 saturated heterocycles. The van der Waals surface area contributed by atoms with Crippen molar-refractivity contribution >= 4 is 29.1 Å². The molecular formula is C22H24N6O5S. The maximum absolute atomic E-state index is 12.3. The Morgan fingerprint density at radius 3 is 2.62 bits per heavy atom. The fourth-order valence-electron chi connectivity index (χ4n) is 3.09. The van der Waals surface area contributed by atoms with Crippen molar-refractivity contribution in [2.24, 2.45) is 5.10 Å². The number of aromatic nitrogens is 3. The number of nitro benzene ring substituents is 1. The van der Waals surface area contributed by atoms with Crippen molar-refractivity contribution in [1.29, 1.82) is 0 Å². The van der Waals surface area contributed by atoms with Crippen LogP contribution in [0.4, 0.5) is 5.69 Å². The van der Waals surface area contributed by atoms with Gasteiger partial charge in [0.25, 0.3) is 11.6 Å². The van der Waals surface area contributed by atoms with Gasteiger partial charge in [-0.3, -0.25) is 14.9 Å². The molecule has 1 amide bonds. The molecule has 1 N–H and O–H groups in total. The minimum absolute atomic E-state index is 0.0434. The van der Waals surface area contributed by atoms with Crippen LogP contribution in [0.5, 0.6) is 11.5 Å². The summed E-state index contributed by atoms with van der Waals surface area (Å²) in [7, 11) is 3.14. The van der Waals surface area contributed by atoms with Gasteiger partial charge in [0.2, 0.25) is 0 Å². The molecule has 1 heterocycles. The van der Waals surface area contributed by atoms with E-state index < -0.39 is 4.92 Å². The van der Waals surface area contributed by atoms with Crippen molar-refractivity contribution < 1.29 is 19.2 Å². The Morgan fingerprint density at radius 2 is 1.94 bits per heavy atom. The summed E-state index contributed by atoms with van der Waals surface area (Å²) in [5.74, 6) is 1.56. The highest BCUT2D eigenvalue weighted by atomic mass is 32.2. The quantitative estimate of drug-likeness (QED) is 0.200. The van der Waals surface area contributed by atoms with Gasteiger partial charge < -0.3 is 14.0 Å². The van der Waals surface area contributed by atoms with Crippen LogP contribution in [0.3, 0.4) is 0 Å². The lowest BCUT2D eigenvalue weighted by atomic mass is 10.1. The lowest BCUT2D eigenvalue weighted by molar-refractivity contribution is -0.384. The predicted molar refractivity (Wildman–Crippen MR) is 128 cm³/mol. The van der Waals surface area contributed by atoms with Crippen molar-refractivity contribution in [3.8, 4) is 22.9 Å². The van der Waals surface area contributed by atoms with Gasteiger partial charge in [0, 0.05) is 29.8 Å². The lowest BCUT2D eigenvalue weighted by Crippen LogP contribution is -2.21. The molecule has 34 heavy (non-hydrogen) atoms. The summed E-state index contributed by atoms with van der Waals surface area (Å²) in [6.45, 7) is 4.23. The molecule has 0 radical (unpaired) electrons. The Labute approximate surface area is 200 Å². The van der Waals surface area contributed by atoms with Gasteiger partial charge in [-0.15, -0.1) is 10.2 Å². The van der Waals surface area contributed by atoms with Crippen LogP contribution in [0, 0.1) is 10.1 Å². The molecule has 0 bridgehead atoms. The first-order valence-electron chi connectivity index (χ1n) is 10.2. The van der Waals surface area contributed by atoms with Gasteiger partial charge in [-0.25, -0.2) is 5.43 Å². The van der Waals surface area contributed by atoms with Gasteiger partial charge in [0.1, 0.15) is 0 Å². The Bertz CT molecular complexity index is 1230. The first kappa shape index (κ1) is 24.7. The second-order valence-electron chi connectivity index (χ2n) is 6.95. The molecule has 178 valence electrons. The van der Waals surface area contributed by atoms with Gasteiger partial charge in [-0.2, -0.15) is 5.10 Å². The average Bonchev–Trinajstić information content (AvgIpc) is 3.28. The number of thioether (sulfide) groups is 1. The van der Waals surface area contributed by atoms with Crippen molar-refractivity contribution in [3.63, 3.8) is 0 Å². The number of nitro groups is 1. The largest absolute Gasteiger partial charge is 0.493 e. The highest BCUT2D eigenvalue weighted by Crippen LogP contribution is 2.32. The zero-order valence-corrected chi connectivity index (χ0v) is 20.0. The van der Waals surface area contributed by atoms with Crippen LogP contribution in [0.1, 0.15) is 19.4 Å². The summed E-state index contributed by atoms with van der Waals surface area (Å²) < 4.78 is 12.5. The first-order valence-corrected chi connectivity index (χ1v) is 11.2. The van der Waals surface area contributed by atoms with Crippen molar-refractivity contribution in [3.05, 3.63) is 58.1 Å². The topological polar surface area (TPSA) is 134 Å². The Kier molecular flexibility index (Phi) is 8.19. The molecule has 2 aromatic carbocycles. The van der Waals surface area contributed by atoms with Crippen LogP contribution >= 0.6 is 11.8 Å². The van der Waals surface area contributed by atoms with Gasteiger partial charge in [0.05, 0.1) is 30.6 Å². The average molecular weight is 485 g/mol. The summed E-state index contributed by atoms with van der Waals surface area (Å²) >= 11 is 1.23. The molecule has 0 atom stereocenters. The molecule has 3 rings (SSSR count). The number of hydrogen-bond acceptors (Lipinski definition) is 9. The molecule has 12 heteroatoms. The SMILES string of the molecule is CCn1c(SCC(=O)N/N=C(/C)c2cccc([N+](=O)[O-])c2)nnc1-c1ccc(OC)c(OC)c1. The van der Waals surface area contributed by atoms with Crippen LogP contribution < -0.4 is 14.9 Å². The third kappa shape index (κ3) is 5.70. The van der Waals surface area contributed by atoms with E-state index in [1.165, 1.54) is 23.9 Å². The minimum Gasteiger partial charge on any atom is -0.493 e. The molecule has 1 aromatic heterocycles. The maximum atomic E-state index is 12.3. The maximum Gasteiger partial charge on any atom is 0.270 e. The number of non-ortho nitro benzene ring substituents is 1. The number of benzene rings is 2. The first-order chi connectivity index (χ1) is 16.4. The molecule has 3 aromatic rings. The molecule has 0 aliphatic rings. The summed E-state index contributed by atoms with van der Waals surface area (Å²) in [6.07, 6.45) is 0. The van der Waals surface area contributed by atoms with Crippen LogP contribution in [-0.4, -0.2) is 51.3 Å². The molecular weight excluding hydrogens is 460 g/mol. The zero-order chi connectivity index (χ0) is 24.7. The van der Waals surface area contributed by atoms with Gasteiger partial charge >= 0.3 is 0 Å². The number of carbonyl (C=O) groups is 1. The highest BCUT2D eigenvalue weighted by molar-refractivity contribution is 7.99. The molecule has 0 aliphatic heterocycles. The molecule has 0 fully saturated rings. The van der Waals surface area contributed by atoms with E-state index in [1.54, 1.807) is 39.3 Å². The third-order valence-electron chi connectivity index (χ3n) is 4.83. The van der Waals surface area contributed by atoms with Crippen LogP contribution in [0.15, 0.2) is 52.7 Å². The van der Waals surface area contributed by atoms with E-state index >= 15 is 0 Å². The van der Waals surface area contributed by atoms with E-state index in [-0.39, 0.29) is 17.3 Å². The number of methoxy groups -OCH3 is 2. The number of carbonyl (C=O) groups excluding carboxylic acids is 1. The highest BCUT2D eigenvalue weighted by Gasteiger charge is 2.16. The third-order valence-corrected chi connectivity index (χ3v) is 5.80. The number of ether oxygens (including phenoxy) is 2. The van der Waals surface area contributed by atoms with Crippen molar-refractivity contribution in [2.45, 2.75) is 25.5 Å². The fraction of sp³-hybridized carbons (Fsp3) is 0.273. The van der Waals surface area contributed by atoms with E-state index in [2.05, 4.69) is 20.7 Å². The second-order valence-corrected chi connectivity index (χ2v) is 7.89. The number of nitrogens with zero attached hydrogens (tertiary/aromatic N) is 5. The van der Waals surface area contributed by atoms with Crippen LogP contribution in [0.25, 0.3) is 11.4 Å². The summed E-state index contributed by atoms with van der Waals surface area (Å²) in [5.41, 5.74) is 4.24. The number of nitrogens with one attached hydrogen (secondary N) is 1. The van der Waals surface area contributed by atoms with E-state index in [4.69, 9.17) is 9.47 Å². The van der Waals surface area contributed by atoms with E-state index in [1.807, 2.05) is 23.6 Å². The van der Waals surface area contributed by atoms with Crippen molar-refractivity contribution in [2.75, 3.05) is 20.0 Å². The summed E-state index contributed by atoms with van der Waals surface area (Å²) in [4.78, 5) is 22.8. The number of hydrazone groups is 1. The Morgan fingerprint density at radius 1 is 1.18 bits per heavy atom. The van der Waals surface area contributed by atoms with Gasteiger partial charge in [-0.1, -0.05) is 23.9 Å². The van der Waals surface area contributed by atoms with Gasteiger partial charge in [0.15, 0.2) is 22.5 Å². The normalized spacial score (nSPS) is 11.2. The van der Waals surface area contributed by atoms with E-state index in [9.17, 15) is 14.9 Å². The Balaban J connectivity index is 1.67. The molecule has 0 spiro atoms. The summed E-state index contributed by atoms with van der Waals surface area (Å²) in [6, 6.07) is 11.5. The second kappa shape index (κ2) is 11.3. The van der Waals surface area contributed by atoms with E-state index in [0.29, 0.717) is 40.3 Å². The monoisotopic (exact) mass is 484 g/mol. The molecule has 0 unspecified atom stereocenters. The standard InChI is InChI=1S/C22H24N6O5S/c1-5-27-21(16-9-10-18(32-3)19(12-16)33-4)25-26-22(27)34-13-20(29)24-23-14(2)15-7-6-8-17(11-15)28(30)31/h6-12H,5,13H2,1-4H3,(H,24,29)/b23-14-. The number of hydrogen-bond donors (Lipinski definition) is 1. The molecule has 11 nitrogen and oxygen atoms in total. The van der Waals surface area contributed by atoms with Crippen LogP contribution in [-0.2, 0) is 11.3 Å². The predicted octanol–water partition coefficient (Wildman–Crippen LogP) is 3.52. The van der Waals surface area contributed by atoms with Crippen LogP contribution in [0.2, 0.25) is 0 Å². The smallest absolute Gasteiger partial charge is 0.270 e. The number of amides is 1. The summed E-state index contributed by atoms with van der Waals surface area (Å²) in [5, 5.41) is 24.1. The fourth-order valence-corrected chi connectivity index (χ4v) is 3.88. The minimum atomic E-state index is -0.480. The van der Waals surface area contributed by atoms with E-state index in [0.717, 1.165) is 5.56 Å². The molecule has 0 aliphatic carbocycles. The molecule has 0 saturated carbocycles. The Hall–Kier alpha value is -3.93. The zero-order valence-electron chi connectivity index (χ0n) is 19.1. The van der Waals surface area contributed by atoms with Crippen molar-refractivity contribution in [1.82, 2.24) is 20.2 Å². The number of rotatable bonds is 10.